The first-order valence-corrected chi connectivity index (χ1v) is 8.30. The third-order valence-corrected chi connectivity index (χ3v) is 4.64. The number of carbonyl (C=O) groups is 2. The summed E-state index contributed by atoms with van der Waals surface area (Å²) in [5.41, 5.74) is 0.452. The predicted molar refractivity (Wildman–Crippen MR) is 92.0 cm³/mol. The molecule has 2 rings (SSSR count). The van der Waals surface area contributed by atoms with Crippen LogP contribution in [0.3, 0.4) is 0 Å². The average Bonchev–Trinajstić information content (AvgIpc) is 2.69. The molecule has 1 fully saturated rings. The Morgan fingerprint density at radius 2 is 1.67 bits per heavy atom. The highest BCUT2D eigenvalue weighted by molar-refractivity contribution is 6.43. The first kappa shape index (κ1) is 21.8. The number of urea groups is 1. The van der Waals surface area contributed by atoms with Gasteiger partial charge in [0.05, 0.1) is 37.7 Å². The van der Waals surface area contributed by atoms with Gasteiger partial charge in [-0.1, -0.05) is 34.8 Å². The molecule has 1 unspecified atom stereocenters. The van der Waals surface area contributed by atoms with E-state index in [4.69, 9.17) is 34.8 Å². The molecule has 0 saturated carbocycles. The molecule has 1 saturated heterocycles. The standard InChI is InChI=1S/C15H18Cl3N3O2.HI/c1-21(2,3)6-4-5-20-14(22)13(19-15(20)23)9-7-11(17)12(18)8-10(9)16;/h7-8,13H,4-6H2,1-3H3;1H. The number of amides is 3. The summed E-state index contributed by atoms with van der Waals surface area (Å²) in [6.45, 7) is 1.23. The van der Waals surface area contributed by atoms with Crippen molar-refractivity contribution in [2.45, 2.75) is 12.5 Å². The third kappa shape index (κ3) is 5.11. The summed E-state index contributed by atoms with van der Waals surface area (Å²) in [5, 5.41) is 3.54. The van der Waals surface area contributed by atoms with E-state index >= 15 is 0 Å². The van der Waals surface area contributed by atoms with Crippen LogP contribution in [-0.2, 0) is 4.79 Å². The van der Waals surface area contributed by atoms with Gasteiger partial charge in [-0.25, -0.2) is 4.79 Å². The summed E-state index contributed by atoms with van der Waals surface area (Å²) in [4.78, 5) is 25.8. The normalized spacial score (nSPS) is 17.8. The van der Waals surface area contributed by atoms with E-state index in [0.717, 1.165) is 17.4 Å². The van der Waals surface area contributed by atoms with Crippen molar-refractivity contribution in [2.75, 3.05) is 34.2 Å². The van der Waals surface area contributed by atoms with Gasteiger partial charge in [-0.05, 0) is 12.1 Å². The summed E-state index contributed by atoms with van der Waals surface area (Å²) in [5.74, 6) is -0.323. The van der Waals surface area contributed by atoms with Crippen molar-refractivity contribution in [3.63, 3.8) is 0 Å². The zero-order valence-corrected chi connectivity index (χ0v) is 18.0. The molecular weight excluding hydrogens is 487 g/mol. The Hall–Kier alpha value is -0.280. The number of imide groups is 1. The quantitative estimate of drug-likeness (QED) is 0.271. The molecule has 1 aromatic carbocycles. The lowest BCUT2D eigenvalue weighted by Gasteiger charge is -2.24. The highest BCUT2D eigenvalue weighted by Gasteiger charge is 2.39. The summed E-state index contributed by atoms with van der Waals surface area (Å²) >= 11 is 18.0. The SMILES string of the molecule is C[N+](C)(C)CCCN1C(=O)NC(c2cc(Cl)c(Cl)cc2Cl)C1=O.[I-]. The van der Waals surface area contributed by atoms with E-state index < -0.39 is 12.1 Å². The highest BCUT2D eigenvalue weighted by atomic mass is 127. The molecule has 0 bridgehead atoms. The Labute approximate surface area is 173 Å². The molecule has 1 atom stereocenters. The number of nitrogens with one attached hydrogen (secondary N) is 1. The molecule has 1 aromatic rings. The second-order valence-electron chi connectivity index (χ2n) is 6.53. The van der Waals surface area contributed by atoms with Gasteiger partial charge in [0, 0.05) is 23.6 Å². The minimum atomic E-state index is -0.825. The van der Waals surface area contributed by atoms with E-state index in [2.05, 4.69) is 26.5 Å². The van der Waals surface area contributed by atoms with Gasteiger partial charge >= 0.3 is 6.03 Å². The van der Waals surface area contributed by atoms with E-state index in [-0.39, 0.29) is 34.9 Å². The van der Waals surface area contributed by atoms with Gasteiger partial charge < -0.3 is 33.8 Å². The van der Waals surface area contributed by atoms with E-state index in [9.17, 15) is 9.59 Å². The minimum absolute atomic E-state index is 0. The molecule has 24 heavy (non-hydrogen) atoms. The molecule has 1 aliphatic rings. The fourth-order valence-electron chi connectivity index (χ4n) is 2.40. The molecule has 1 aliphatic heterocycles. The smallest absolute Gasteiger partial charge is 0.325 e. The van der Waals surface area contributed by atoms with Gasteiger partial charge in [-0.15, -0.1) is 0 Å². The molecule has 1 heterocycles. The van der Waals surface area contributed by atoms with Crippen LogP contribution < -0.4 is 29.3 Å². The van der Waals surface area contributed by atoms with Gasteiger partial charge in [0.2, 0.25) is 0 Å². The van der Waals surface area contributed by atoms with Gasteiger partial charge in [0.15, 0.2) is 0 Å². The number of nitrogens with zero attached hydrogens (tertiary/aromatic N) is 2. The van der Waals surface area contributed by atoms with E-state index in [1.165, 1.54) is 17.0 Å². The molecule has 0 aliphatic carbocycles. The van der Waals surface area contributed by atoms with Crippen molar-refractivity contribution in [1.82, 2.24) is 10.2 Å². The summed E-state index contributed by atoms with van der Waals surface area (Å²) < 4.78 is 0.770. The minimum Gasteiger partial charge on any atom is -1.00 e. The van der Waals surface area contributed by atoms with Crippen LogP contribution in [0.2, 0.25) is 15.1 Å². The Kier molecular flexibility index (Phi) is 7.62. The lowest BCUT2D eigenvalue weighted by atomic mass is 10.1. The summed E-state index contributed by atoms with van der Waals surface area (Å²) in [7, 11) is 6.18. The van der Waals surface area contributed by atoms with Crippen molar-refractivity contribution in [2.24, 2.45) is 0 Å². The lowest BCUT2D eigenvalue weighted by molar-refractivity contribution is -0.870. The van der Waals surface area contributed by atoms with Crippen LogP contribution in [-0.4, -0.2) is 55.6 Å². The van der Waals surface area contributed by atoms with Crippen LogP contribution in [0.5, 0.6) is 0 Å². The van der Waals surface area contributed by atoms with Crippen molar-refractivity contribution < 1.29 is 38.0 Å². The number of halogens is 4. The van der Waals surface area contributed by atoms with Gasteiger partial charge in [0.25, 0.3) is 5.91 Å². The van der Waals surface area contributed by atoms with Crippen molar-refractivity contribution in [3.8, 4) is 0 Å². The van der Waals surface area contributed by atoms with E-state index in [0.29, 0.717) is 22.2 Å². The summed E-state index contributed by atoms with van der Waals surface area (Å²) in [6, 6.07) is 1.75. The van der Waals surface area contributed by atoms with Crippen molar-refractivity contribution >= 4 is 46.7 Å². The van der Waals surface area contributed by atoms with E-state index in [1.807, 2.05) is 0 Å². The van der Waals surface area contributed by atoms with Gasteiger partial charge in [0.1, 0.15) is 6.04 Å². The Morgan fingerprint density at radius 1 is 1.08 bits per heavy atom. The molecular formula is C15H19Cl3IN3O2. The van der Waals surface area contributed by atoms with Crippen LogP contribution in [0.1, 0.15) is 18.0 Å². The predicted octanol–water partition coefficient (Wildman–Crippen LogP) is 0.340. The second kappa shape index (κ2) is 8.40. The first-order chi connectivity index (χ1) is 10.6. The Morgan fingerprint density at radius 3 is 2.25 bits per heavy atom. The third-order valence-electron chi connectivity index (χ3n) is 3.59. The molecule has 0 aromatic heterocycles. The largest absolute Gasteiger partial charge is 1.00 e. The molecule has 1 N–H and O–H groups in total. The highest BCUT2D eigenvalue weighted by Crippen LogP contribution is 2.34. The van der Waals surface area contributed by atoms with Crippen LogP contribution in [0.15, 0.2) is 12.1 Å². The monoisotopic (exact) mass is 505 g/mol. The zero-order valence-electron chi connectivity index (χ0n) is 13.6. The first-order valence-electron chi connectivity index (χ1n) is 7.17. The van der Waals surface area contributed by atoms with Crippen LogP contribution in [0.25, 0.3) is 0 Å². The Bertz CT molecular complexity index is 650. The molecule has 0 radical (unpaired) electrons. The topological polar surface area (TPSA) is 49.4 Å². The fraction of sp³-hybridized carbons (Fsp3) is 0.467. The van der Waals surface area contributed by atoms with Crippen molar-refractivity contribution in [1.29, 1.82) is 0 Å². The van der Waals surface area contributed by atoms with E-state index in [1.54, 1.807) is 0 Å². The van der Waals surface area contributed by atoms with Crippen LogP contribution in [0, 0.1) is 0 Å². The van der Waals surface area contributed by atoms with Gasteiger partial charge in [-0.2, -0.15) is 0 Å². The van der Waals surface area contributed by atoms with Crippen molar-refractivity contribution in [3.05, 3.63) is 32.8 Å². The lowest BCUT2D eigenvalue weighted by Crippen LogP contribution is -3.00. The second-order valence-corrected chi connectivity index (χ2v) is 7.75. The fourth-order valence-corrected chi connectivity index (χ4v) is 3.07. The molecule has 5 nitrogen and oxygen atoms in total. The number of hydrogen-bond acceptors (Lipinski definition) is 2. The number of benzene rings is 1. The molecule has 134 valence electrons. The molecule has 9 heteroatoms. The number of carbonyl (C=O) groups excluding carboxylic acids is 2. The zero-order chi connectivity index (χ0) is 17.4. The number of rotatable bonds is 5. The summed E-state index contributed by atoms with van der Waals surface area (Å²) in [6.07, 6.45) is 0.727. The maximum atomic E-state index is 12.5. The maximum Gasteiger partial charge on any atom is 0.325 e. The van der Waals surface area contributed by atoms with Gasteiger partial charge in [-0.3, -0.25) is 9.69 Å². The maximum absolute atomic E-state index is 12.5. The number of hydrogen-bond donors (Lipinski definition) is 1. The molecule has 3 amide bonds. The van der Waals surface area contributed by atoms with Crippen LogP contribution >= 0.6 is 34.8 Å². The Balaban J connectivity index is 0.00000288. The number of quaternary nitrogens is 1. The van der Waals surface area contributed by atoms with Crippen LogP contribution in [0.4, 0.5) is 4.79 Å². The molecule has 0 spiro atoms. The average molecular weight is 507 g/mol.